The maximum atomic E-state index is 9.03. The molecule has 1 aliphatic heterocycles. The molecule has 19 heavy (non-hydrogen) atoms. The second-order valence-corrected chi connectivity index (χ2v) is 4.99. The van der Waals surface area contributed by atoms with Crippen molar-refractivity contribution in [3.63, 3.8) is 0 Å². The fourth-order valence-corrected chi connectivity index (χ4v) is 2.75. The molecule has 1 aromatic rings. The van der Waals surface area contributed by atoms with Crippen molar-refractivity contribution in [2.24, 2.45) is 5.73 Å². The highest BCUT2D eigenvalue weighted by Gasteiger charge is 2.22. The van der Waals surface area contributed by atoms with E-state index in [1.165, 1.54) is 5.56 Å². The molecule has 5 heteroatoms. The van der Waals surface area contributed by atoms with Crippen LogP contribution >= 0.6 is 0 Å². The summed E-state index contributed by atoms with van der Waals surface area (Å²) in [4.78, 5) is 8.84. The molecule has 1 aromatic heterocycles. The number of aliphatic hydroxyl groups is 1. The molecule has 2 heterocycles. The van der Waals surface area contributed by atoms with Crippen LogP contribution in [0.4, 0.5) is 0 Å². The van der Waals surface area contributed by atoms with Crippen LogP contribution in [0.2, 0.25) is 0 Å². The van der Waals surface area contributed by atoms with Crippen molar-refractivity contribution in [3.05, 3.63) is 30.1 Å². The van der Waals surface area contributed by atoms with E-state index in [4.69, 9.17) is 10.8 Å². The number of aliphatic hydroxyl groups excluding tert-OH is 1. The molecule has 0 amide bonds. The summed E-state index contributed by atoms with van der Waals surface area (Å²) >= 11 is 0. The minimum Gasteiger partial charge on any atom is -0.395 e. The van der Waals surface area contributed by atoms with Crippen LogP contribution in [0.15, 0.2) is 24.5 Å². The standard InChI is InChI=1S/C14H24N4O/c15-12-14(13-2-4-16-5-3-13)18-7-1-6-17(8-9-18)10-11-19/h2-5,14,19H,1,6-12,15H2. The zero-order valence-electron chi connectivity index (χ0n) is 11.4. The molecule has 0 bridgehead atoms. The fraction of sp³-hybridized carbons (Fsp3) is 0.643. The molecule has 1 saturated heterocycles. The van der Waals surface area contributed by atoms with Crippen molar-refractivity contribution in [2.45, 2.75) is 12.5 Å². The Balaban J connectivity index is 1.99. The molecule has 1 aliphatic rings. The number of hydrogen-bond donors (Lipinski definition) is 2. The molecule has 1 unspecified atom stereocenters. The van der Waals surface area contributed by atoms with Gasteiger partial charge < -0.3 is 10.8 Å². The van der Waals surface area contributed by atoms with Gasteiger partial charge in [-0.1, -0.05) is 0 Å². The number of hydrogen-bond acceptors (Lipinski definition) is 5. The first-order chi connectivity index (χ1) is 9.35. The van der Waals surface area contributed by atoms with E-state index < -0.39 is 0 Å². The van der Waals surface area contributed by atoms with Gasteiger partial charge in [0.1, 0.15) is 0 Å². The van der Waals surface area contributed by atoms with Crippen molar-refractivity contribution in [1.29, 1.82) is 0 Å². The number of nitrogens with two attached hydrogens (primary N) is 1. The Kier molecular flexibility index (Phi) is 5.72. The number of pyridine rings is 1. The average molecular weight is 264 g/mol. The zero-order valence-corrected chi connectivity index (χ0v) is 11.4. The summed E-state index contributed by atoms with van der Waals surface area (Å²) in [5.74, 6) is 0. The minimum atomic E-state index is 0.241. The lowest BCUT2D eigenvalue weighted by Gasteiger charge is -2.30. The number of rotatable bonds is 5. The summed E-state index contributed by atoms with van der Waals surface area (Å²) in [7, 11) is 0. The van der Waals surface area contributed by atoms with Gasteiger partial charge in [0.05, 0.1) is 6.61 Å². The van der Waals surface area contributed by atoms with Gasteiger partial charge in [-0.2, -0.15) is 0 Å². The highest BCUT2D eigenvalue weighted by molar-refractivity contribution is 5.15. The SMILES string of the molecule is NCC(c1ccncc1)N1CCCN(CCO)CC1. The van der Waals surface area contributed by atoms with Crippen molar-refractivity contribution >= 4 is 0 Å². The third kappa shape index (κ3) is 3.98. The van der Waals surface area contributed by atoms with Gasteiger partial charge in [-0.05, 0) is 30.7 Å². The van der Waals surface area contributed by atoms with Crippen molar-refractivity contribution in [1.82, 2.24) is 14.8 Å². The molecular formula is C14H24N4O. The monoisotopic (exact) mass is 264 g/mol. The number of β-amino-alcohol motifs (C(OH)–C–C–N with tert-alkyl or cyclic N) is 1. The van der Waals surface area contributed by atoms with E-state index in [1.807, 2.05) is 24.5 Å². The van der Waals surface area contributed by atoms with Crippen LogP contribution < -0.4 is 5.73 Å². The fourth-order valence-electron chi connectivity index (χ4n) is 2.75. The van der Waals surface area contributed by atoms with E-state index in [-0.39, 0.29) is 12.6 Å². The molecule has 1 atom stereocenters. The zero-order chi connectivity index (χ0) is 13.5. The quantitative estimate of drug-likeness (QED) is 0.788. The van der Waals surface area contributed by atoms with Gasteiger partial charge in [0.25, 0.3) is 0 Å². The Hall–Kier alpha value is -1.01. The molecule has 2 rings (SSSR count). The summed E-state index contributed by atoms with van der Waals surface area (Å²) in [6.45, 7) is 5.77. The first-order valence-corrected chi connectivity index (χ1v) is 7.02. The van der Waals surface area contributed by atoms with Gasteiger partial charge in [0.2, 0.25) is 0 Å². The van der Waals surface area contributed by atoms with Crippen LogP contribution in [0.5, 0.6) is 0 Å². The van der Waals surface area contributed by atoms with E-state index in [0.717, 1.165) is 39.1 Å². The normalized spacial score (nSPS) is 20.1. The molecule has 5 nitrogen and oxygen atoms in total. The van der Waals surface area contributed by atoms with E-state index >= 15 is 0 Å². The molecule has 3 N–H and O–H groups in total. The van der Waals surface area contributed by atoms with Crippen molar-refractivity contribution in [3.8, 4) is 0 Å². The van der Waals surface area contributed by atoms with E-state index in [9.17, 15) is 0 Å². The lowest BCUT2D eigenvalue weighted by molar-refractivity contribution is 0.182. The lowest BCUT2D eigenvalue weighted by Crippen LogP contribution is -2.37. The molecule has 0 aromatic carbocycles. The molecule has 0 spiro atoms. The topological polar surface area (TPSA) is 65.6 Å². The molecule has 1 fully saturated rings. The number of nitrogens with zero attached hydrogens (tertiary/aromatic N) is 3. The largest absolute Gasteiger partial charge is 0.395 e. The number of aromatic nitrogens is 1. The third-order valence-electron chi connectivity index (χ3n) is 3.79. The van der Waals surface area contributed by atoms with Crippen LogP contribution in [-0.2, 0) is 0 Å². The lowest BCUT2D eigenvalue weighted by atomic mass is 10.1. The smallest absolute Gasteiger partial charge is 0.0558 e. The maximum absolute atomic E-state index is 9.03. The Morgan fingerprint density at radius 1 is 1.21 bits per heavy atom. The first kappa shape index (κ1) is 14.4. The van der Waals surface area contributed by atoms with Crippen LogP contribution in [0.3, 0.4) is 0 Å². The predicted octanol–water partition coefficient (Wildman–Crippen LogP) is 0.0814. The van der Waals surface area contributed by atoms with E-state index in [0.29, 0.717) is 6.54 Å². The third-order valence-corrected chi connectivity index (χ3v) is 3.79. The van der Waals surface area contributed by atoms with Crippen LogP contribution in [0, 0.1) is 0 Å². The van der Waals surface area contributed by atoms with Gasteiger partial charge in [0.15, 0.2) is 0 Å². The summed E-state index contributed by atoms with van der Waals surface area (Å²) in [6, 6.07) is 4.37. The molecule has 0 aliphatic carbocycles. The highest BCUT2D eigenvalue weighted by atomic mass is 16.3. The first-order valence-electron chi connectivity index (χ1n) is 7.02. The summed E-state index contributed by atoms with van der Waals surface area (Å²) in [6.07, 6.45) is 4.78. The Morgan fingerprint density at radius 2 is 2.00 bits per heavy atom. The molecule has 0 saturated carbocycles. The van der Waals surface area contributed by atoms with E-state index in [1.54, 1.807) is 0 Å². The van der Waals surface area contributed by atoms with Gasteiger partial charge in [-0.3, -0.25) is 14.8 Å². The van der Waals surface area contributed by atoms with Crippen molar-refractivity contribution < 1.29 is 5.11 Å². The maximum Gasteiger partial charge on any atom is 0.0558 e. The summed E-state index contributed by atoms with van der Waals surface area (Å²) < 4.78 is 0. The minimum absolute atomic E-state index is 0.241. The van der Waals surface area contributed by atoms with Crippen LogP contribution in [0.25, 0.3) is 0 Å². The second kappa shape index (κ2) is 7.55. The van der Waals surface area contributed by atoms with Gasteiger partial charge in [-0.25, -0.2) is 0 Å². The molecule has 0 radical (unpaired) electrons. The average Bonchev–Trinajstić information content (AvgIpc) is 2.68. The summed E-state index contributed by atoms with van der Waals surface area (Å²) in [5.41, 5.74) is 7.21. The van der Waals surface area contributed by atoms with Gasteiger partial charge in [-0.15, -0.1) is 0 Å². The second-order valence-electron chi connectivity index (χ2n) is 4.99. The molecular weight excluding hydrogens is 240 g/mol. The predicted molar refractivity (Wildman–Crippen MR) is 75.7 cm³/mol. The summed E-state index contributed by atoms with van der Waals surface area (Å²) in [5, 5.41) is 9.03. The Morgan fingerprint density at radius 3 is 2.68 bits per heavy atom. The van der Waals surface area contributed by atoms with Gasteiger partial charge >= 0.3 is 0 Å². The van der Waals surface area contributed by atoms with Crippen LogP contribution in [0.1, 0.15) is 18.0 Å². The Labute approximate surface area is 115 Å². The van der Waals surface area contributed by atoms with Crippen LogP contribution in [-0.4, -0.2) is 65.8 Å². The Bertz CT molecular complexity index is 360. The highest BCUT2D eigenvalue weighted by Crippen LogP contribution is 2.20. The van der Waals surface area contributed by atoms with Gasteiger partial charge in [0, 0.05) is 51.2 Å². The molecule has 106 valence electrons. The van der Waals surface area contributed by atoms with Crippen molar-refractivity contribution in [2.75, 3.05) is 45.9 Å². The van der Waals surface area contributed by atoms with E-state index in [2.05, 4.69) is 14.8 Å².